The van der Waals surface area contributed by atoms with Crippen molar-refractivity contribution < 1.29 is 6.11 Å². The fourth-order valence-corrected chi connectivity index (χ4v) is 6.00. The van der Waals surface area contributed by atoms with Gasteiger partial charge in [-0.3, -0.25) is 9.88 Å². The lowest BCUT2D eigenvalue weighted by molar-refractivity contribution is 0.0728. The van der Waals surface area contributed by atoms with E-state index >= 15 is 0 Å². The van der Waals surface area contributed by atoms with Gasteiger partial charge < -0.3 is 20.3 Å². The first kappa shape index (κ1) is 21.1. The summed E-state index contributed by atoms with van der Waals surface area (Å²) in [6, 6.07) is 14.8. The van der Waals surface area contributed by atoms with Crippen LogP contribution in [0.25, 0.3) is 10.9 Å². The minimum Gasteiger partial charge on any atom is -0.378 e. The molecule has 6 rings (SSSR count). The van der Waals surface area contributed by atoms with Crippen LogP contribution in [0.5, 0.6) is 0 Å². The Morgan fingerprint density at radius 2 is 2.06 bits per heavy atom. The van der Waals surface area contributed by atoms with Crippen LogP contribution in [-0.4, -0.2) is 66.3 Å². The lowest BCUT2D eigenvalue weighted by Gasteiger charge is -2.43. The molecule has 0 aliphatic carbocycles. The second-order valence-electron chi connectivity index (χ2n) is 9.90. The van der Waals surface area contributed by atoms with Crippen molar-refractivity contribution in [3.8, 4) is 6.07 Å². The van der Waals surface area contributed by atoms with E-state index in [9.17, 15) is 5.26 Å². The summed E-state index contributed by atoms with van der Waals surface area (Å²) < 4.78 is 13.5. The van der Waals surface area contributed by atoms with Gasteiger partial charge in [0.1, 0.15) is 11.9 Å². The third kappa shape index (κ3) is 3.71. The average molecular weight is 471 g/mol. The predicted octanol–water partition coefficient (Wildman–Crippen LogP) is 2.82. The van der Waals surface area contributed by atoms with Crippen LogP contribution >= 0.6 is 0 Å². The van der Waals surface area contributed by atoms with Crippen LogP contribution in [0.2, 0.25) is 0 Å². The maximum Gasteiger partial charge on any atom is 0.128 e. The maximum atomic E-state index is 9.57. The number of nitrogens with zero attached hydrogens (tertiary/aromatic N) is 6. The van der Waals surface area contributed by atoms with Crippen molar-refractivity contribution in [3.63, 3.8) is 0 Å². The first-order valence-corrected chi connectivity index (χ1v) is 12.3. The number of hydrogen-bond acceptors (Lipinski definition) is 8. The van der Waals surface area contributed by atoms with E-state index in [1.807, 2.05) is 18.2 Å². The number of pyridine rings is 2. The molecule has 35 heavy (non-hydrogen) atoms. The van der Waals surface area contributed by atoms with Crippen molar-refractivity contribution in [1.29, 1.82) is 5.26 Å². The van der Waals surface area contributed by atoms with Gasteiger partial charge in [0.25, 0.3) is 0 Å². The Balaban J connectivity index is 1.30. The molecule has 0 radical (unpaired) electrons. The molecule has 5 heterocycles. The number of benzene rings is 1. The lowest BCUT2D eigenvalue weighted by atomic mass is 10.0. The number of ether oxygens (including phenoxy) is 1. The molecule has 0 bridgehead atoms. The van der Waals surface area contributed by atoms with Crippen molar-refractivity contribution in [2.24, 2.45) is 5.73 Å². The van der Waals surface area contributed by atoms with Gasteiger partial charge in [0.15, 0.2) is 0 Å². The SMILES string of the molecule is [2H]c1ccc2c(N3C[C@@H](C)N4Cc5nc(N6CCC(N)C(OC)C6)ccc5[C@H]4C3)ccc(C#N)c2n1. The summed E-state index contributed by atoms with van der Waals surface area (Å²) in [5, 5.41) is 10.5. The highest BCUT2D eigenvalue weighted by atomic mass is 16.5. The summed E-state index contributed by atoms with van der Waals surface area (Å²) >= 11 is 0. The van der Waals surface area contributed by atoms with Crippen molar-refractivity contribution in [1.82, 2.24) is 14.9 Å². The number of methoxy groups -OCH3 is 1. The van der Waals surface area contributed by atoms with E-state index in [0.29, 0.717) is 17.1 Å². The standard InChI is InChI=1S/C27H31N7O/c1-17-13-33(23-7-5-18(12-28)27-20(23)4-3-10-30-27)15-24-19-6-8-26(31-22(19)14-34(17)24)32-11-9-21(29)25(16-32)35-2/h3-8,10,17,21,24-25H,9,11,13-16,29H2,1-2H3/t17-,21?,24-,25?/m1/s1/i10D. The number of nitrogens with two attached hydrogens (primary N) is 1. The van der Waals surface area contributed by atoms with E-state index in [1.165, 1.54) is 5.56 Å². The van der Waals surface area contributed by atoms with Crippen LogP contribution in [0.4, 0.5) is 11.5 Å². The quantitative estimate of drug-likeness (QED) is 0.625. The molecule has 8 nitrogen and oxygen atoms in total. The largest absolute Gasteiger partial charge is 0.378 e. The summed E-state index contributed by atoms with van der Waals surface area (Å²) in [6.07, 6.45) is 1.10. The third-order valence-corrected chi connectivity index (χ3v) is 7.92. The lowest BCUT2D eigenvalue weighted by Crippen LogP contribution is -2.51. The van der Waals surface area contributed by atoms with Crippen molar-refractivity contribution >= 4 is 22.4 Å². The number of fused-ring (bicyclic) bond motifs is 4. The number of rotatable bonds is 3. The van der Waals surface area contributed by atoms with E-state index in [1.54, 1.807) is 13.2 Å². The van der Waals surface area contributed by atoms with Crippen LogP contribution in [0.3, 0.4) is 0 Å². The molecule has 2 saturated heterocycles. The fraction of sp³-hybridized carbons (Fsp3) is 0.444. The molecular weight excluding hydrogens is 438 g/mol. The molecule has 3 aliphatic rings. The Morgan fingerprint density at radius 3 is 2.89 bits per heavy atom. The van der Waals surface area contributed by atoms with Gasteiger partial charge in [0.2, 0.25) is 0 Å². The third-order valence-electron chi connectivity index (χ3n) is 7.92. The topological polar surface area (TPSA) is 94.5 Å². The zero-order chi connectivity index (χ0) is 25.0. The number of aromatic nitrogens is 2. The second-order valence-corrected chi connectivity index (χ2v) is 9.90. The van der Waals surface area contributed by atoms with Gasteiger partial charge in [-0.25, -0.2) is 4.98 Å². The molecule has 0 amide bonds. The number of nitriles is 1. The number of hydrogen-bond donors (Lipinski definition) is 1. The highest BCUT2D eigenvalue weighted by Crippen LogP contribution is 2.41. The van der Waals surface area contributed by atoms with Crippen LogP contribution in [0.1, 0.15) is 37.6 Å². The molecule has 2 aromatic heterocycles. The van der Waals surface area contributed by atoms with Gasteiger partial charge in [-0.1, -0.05) is 6.07 Å². The molecular formula is C27H31N7O. The smallest absolute Gasteiger partial charge is 0.128 e. The summed E-state index contributed by atoms with van der Waals surface area (Å²) in [6.45, 7) is 6.49. The zero-order valence-electron chi connectivity index (χ0n) is 21.2. The first-order valence-electron chi connectivity index (χ1n) is 12.8. The molecule has 2 fully saturated rings. The molecule has 0 spiro atoms. The molecule has 3 aromatic rings. The molecule has 180 valence electrons. The highest BCUT2D eigenvalue weighted by molar-refractivity contribution is 5.95. The van der Waals surface area contributed by atoms with Crippen LogP contribution < -0.4 is 15.5 Å². The van der Waals surface area contributed by atoms with E-state index < -0.39 is 0 Å². The number of piperidine rings is 1. The molecule has 2 unspecified atom stereocenters. The second kappa shape index (κ2) is 8.76. The minimum absolute atomic E-state index is 0.0246. The first-order chi connectivity index (χ1) is 17.5. The zero-order valence-corrected chi connectivity index (χ0v) is 20.2. The van der Waals surface area contributed by atoms with Gasteiger partial charge in [-0.05, 0) is 49.2 Å². The molecule has 0 saturated carbocycles. The molecule has 1 aromatic carbocycles. The Kier molecular flexibility index (Phi) is 5.27. The van der Waals surface area contributed by atoms with Crippen molar-refractivity contribution in [2.75, 3.05) is 43.1 Å². The van der Waals surface area contributed by atoms with Crippen molar-refractivity contribution in [3.05, 3.63) is 59.4 Å². The van der Waals surface area contributed by atoms with E-state index in [0.717, 1.165) is 61.7 Å². The Labute approximate surface area is 207 Å². The van der Waals surface area contributed by atoms with Gasteiger partial charge in [-0.2, -0.15) is 5.26 Å². The van der Waals surface area contributed by atoms with Gasteiger partial charge in [0.05, 0.1) is 30.3 Å². The molecule has 2 N–H and O–H groups in total. The highest BCUT2D eigenvalue weighted by Gasteiger charge is 2.40. The van der Waals surface area contributed by atoms with E-state index in [-0.39, 0.29) is 24.4 Å². The molecule has 4 atom stereocenters. The van der Waals surface area contributed by atoms with E-state index in [2.05, 4.69) is 44.8 Å². The van der Waals surface area contributed by atoms with E-state index in [4.69, 9.17) is 16.8 Å². The van der Waals surface area contributed by atoms with Crippen LogP contribution in [0, 0.1) is 11.3 Å². The minimum atomic E-state index is 0.0246. The summed E-state index contributed by atoms with van der Waals surface area (Å²) in [4.78, 5) is 16.7. The van der Waals surface area contributed by atoms with Gasteiger partial charge in [-0.15, -0.1) is 0 Å². The van der Waals surface area contributed by atoms with Gasteiger partial charge in [0, 0.05) is 69.2 Å². The van der Waals surface area contributed by atoms with Crippen LogP contribution in [-0.2, 0) is 11.3 Å². The monoisotopic (exact) mass is 470 g/mol. The average Bonchev–Trinajstić information content (AvgIpc) is 3.26. The summed E-state index contributed by atoms with van der Waals surface area (Å²) in [5.74, 6) is 1.00. The Morgan fingerprint density at radius 1 is 1.17 bits per heavy atom. The molecule has 8 heteroatoms. The Hall–Kier alpha value is -3.25. The molecule has 3 aliphatic heterocycles. The summed E-state index contributed by atoms with van der Waals surface area (Å²) in [7, 11) is 1.73. The Bertz CT molecular complexity index is 1360. The maximum absolute atomic E-state index is 9.57. The number of piperazine rings is 1. The summed E-state index contributed by atoms with van der Waals surface area (Å²) in [5.41, 5.74) is 10.8. The van der Waals surface area contributed by atoms with Crippen molar-refractivity contribution in [2.45, 2.75) is 44.1 Å². The number of anilines is 2. The fourth-order valence-electron chi connectivity index (χ4n) is 6.00. The normalized spacial score (nSPS) is 26.9. The predicted molar refractivity (Wildman–Crippen MR) is 136 cm³/mol. The van der Waals surface area contributed by atoms with Gasteiger partial charge >= 0.3 is 0 Å². The van der Waals surface area contributed by atoms with Crippen LogP contribution in [0.15, 0.2) is 42.6 Å².